The van der Waals surface area contributed by atoms with E-state index in [1.165, 1.54) is 11.1 Å². The fourth-order valence-electron chi connectivity index (χ4n) is 3.61. The number of amides is 1. The Morgan fingerprint density at radius 2 is 1.68 bits per heavy atom. The average molecular weight is 328 g/mol. The van der Waals surface area contributed by atoms with Crippen LogP contribution in [-0.2, 0) is 17.6 Å². The Morgan fingerprint density at radius 1 is 0.960 bits per heavy atom. The highest BCUT2D eigenvalue weighted by Crippen LogP contribution is 2.35. The molecule has 2 aromatic carbocycles. The molecule has 1 atom stereocenters. The van der Waals surface area contributed by atoms with E-state index in [9.17, 15) is 4.79 Å². The van der Waals surface area contributed by atoms with Crippen molar-refractivity contribution < 1.29 is 4.79 Å². The molecule has 124 valence electrons. The Hall–Kier alpha value is -2.94. The molecule has 4 rings (SSSR count). The number of benzene rings is 2. The quantitative estimate of drug-likeness (QED) is 0.733. The third-order valence-corrected chi connectivity index (χ3v) is 4.82. The summed E-state index contributed by atoms with van der Waals surface area (Å²) in [6.45, 7) is 0.746. The number of fused-ring (bicyclic) bond motifs is 1. The van der Waals surface area contributed by atoms with E-state index in [0.717, 1.165) is 24.1 Å². The average Bonchev–Trinajstić information content (AvgIpc) is 2.68. The molecule has 0 spiro atoms. The monoisotopic (exact) mass is 328 g/mol. The van der Waals surface area contributed by atoms with Gasteiger partial charge in [0.25, 0.3) is 0 Å². The van der Waals surface area contributed by atoms with Crippen LogP contribution in [0.3, 0.4) is 0 Å². The molecule has 25 heavy (non-hydrogen) atoms. The number of carbonyl (C=O) groups is 1. The van der Waals surface area contributed by atoms with Crippen molar-refractivity contribution in [2.24, 2.45) is 0 Å². The van der Waals surface area contributed by atoms with Crippen molar-refractivity contribution in [3.63, 3.8) is 0 Å². The molecule has 3 aromatic rings. The molecule has 0 bridgehead atoms. The first kappa shape index (κ1) is 15.6. The second-order valence-corrected chi connectivity index (χ2v) is 6.38. The van der Waals surface area contributed by atoms with E-state index in [4.69, 9.17) is 0 Å². The van der Waals surface area contributed by atoms with Gasteiger partial charge in [-0.05, 0) is 40.8 Å². The number of hydrogen-bond donors (Lipinski definition) is 0. The summed E-state index contributed by atoms with van der Waals surface area (Å²) in [5.74, 6) is 0.169. The van der Waals surface area contributed by atoms with Gasteiger partial charge in [0.15, 0.2) is 0 Å². The predicted molar refractivity (Wildman–Crippen MR) is 98.1 cm³/mol. The molecule has 0 saturated carbocycles. The zero-order chi connectivity index (χ0) is 17.1. The van der Waals surface area contributed by atoms with Gasteiger partial charge in [0.1, 0.15) is 0 Å². The van der Waals surface area contributed by atoms with Crippen molar-refractivity contribution in [1.82, 2.24) is 9.88 Å². The minimum atomic E-state index is -0.0378. The topological polar surface area (TPSA) is 33.2 Å². The van der Waals surface area contributed by atoms with Gasteiger partial charge in [0.05, 0.1) is 12.5 Å². The van der Waals surface area contributed by atoms with Crippen molar-refractivity contribution in [2.75, 3.05) is 6.54 Å². The van der Waals surface area contributed by atoms with Crippen LogP contribution in [-0.4, -0.2) is 22.3 Å². The molecule has 1 unspecified atom stereocenters. The number of nitrogens with zero attached hydrogens (tertiary/aromatic N) is 2. The molecule has 2 heterocycles. The van der Waals surface area contributed by atoms with Gasteiger partial charge < -0.3 is 4.90 Å². The Labute approximate surface area is 148 Å². The lowest BCUT2D eigenvalue weighted by molar-refractivity contribution is -0.132. The summed E-state index contributed by atoms with van der Waals surface area (Å²) in [5, 5.41) is 0. The lowest BCUT2D eigenvalue weighted by atomic mass is 9.88. The molecular formula is C22H20N2O. The van der Waals surface area contributed by atoms with Gasteiger partial charge in [-0.2, -0.15) is 0 Å². The minimum absolute atomic E-state index is 0.0378. The maximum absolute atomic E-state index is 13.1. The second kappa shape index (κ2) is 6.89. The molecule has 1 amide bonds. The summed E-state index contributed by atoms with van der Waals surface area (Å²) in [5.41, 5.74) is 4.72. The summed E-state index contributed by atoms with van der Waals surface area (Å²) < 4.78 is 0. The Morgan fingerprint density at radius 3 is 2.48 bits per heavy atom. The highest BCUT2D eigenvalue weighted by Gasteiger charge is 2.31. The molecule has 1 aliphatic rings. The van der Waals surface area contributed by atoms with Crippen LogP contribution in [0.1, 0.15) is 28.3 Å². The first-order chi connectivity index (χ1) is 12.3. The van der Waals surface area contributed by atoms with Crippen LogP contribution < -0.4 is 0 Å². The van der Waals surface area contributed by atoms with Gasteiger partial charge in [-0.25, -0.2) is 0 Å². The summed E-state index contributed by atoms with van der Waals surface area (Å²) in [4.78, 5) is 19.2. The van der Waals surface area contributed by atoms with E-state index >= 15 is 0 Å². The van der Waals surface area contributed by atoms with Gasteiger partial charge in [-0.15, -0.1) is 0 Å². The molecule has 3 heteroatoms. The van der Waals surface area contributed by atoms with Crippen LogP contribution in [0.25, 0.3) is 0 Å². The van der Waals surface area contributed by atoms with Crippen molar-refractivity contribution >= 4 is 5.91 Å². The van der Waals surface area contributed by atoms with Crippen molar-refractivity contribution in [3.05, 3.63) is 101 Å². The zero-order valence-electron chi connectivity index (χ0n) is 14.0. The van der Waals surface area contributed by atoms with E-state index in [1.54, 1.807) is 12.4 Å². The molecule has 0 aliphatic carbocycles. The summed E-state index contributed by atoms with van der Waals surface area (Å²) >= 11 is 0. The Kier molecular flexibility index (Phi) is 4.30. The van der Waals surface area contributed by atoms with E-state index < -0.39 is 0 Å². The normalized spacial score (nSPS) is 16.3. The second-order valence-electron chi connectivity index (χ2n) is 6.38. The molecule has 3 nitrogen and oxygen atoms in total. The highest BCUT2D eigenvalue weighted by atomic mass is 16.2. The number of carbonyl (C=O) groups excluding carboxylic acids is 1. The summed E-state index contributed by atoms with van der Waals surface area (Å²) in [6, 6.07) is 22.4. The number of pyridine rings is 1. The minimum Gasteiger partial charge on any atom is -0.331 e. The van der Waals surface area contributed by atoms with Crippen molar-refractivity contribution in [1.29, 1.82) is 0 Å². The predicted octanol–water partition coefficient (Wildman–Crippen LogP) is 3.80. The molecular weight excluding hydrogens is 308 g/mol. The van der Waals surface area contributed by atoms with Crippen LogP contribution in [0.2, 0.25) is 0 Å². The van der Waals surface area contributed by atoms with Crippen LogP contribution >= 0.6 is 0 Å². The van der Waals surface area contributed by atoms with Gasteiger partial charge >= 0.3 is 0 Å². The number of hydrogen-bond acceptors (Lipinski definition) is 2. The molecule has 1 aromatic heterocycles. The van der Waals surface area contributed by atoms with Gasteiger partial charge in [-0.3, -0.25) is 9.78 Å². The smallest absolute Gasteiger partial charge is 0.227 e. The van der Waals surface area contributed by atoms with Gasteiger partial charge in [0.2, 0.25) is 5.91 Å². The first-order valence-electron chi connectivity index (χ1n) is 8.64. The summed E-state index contributed by atoms with van der Waals surface area (Å²) in [7, 11) is 0. The standard InChI is InChI=1S/C22H20N2O/c25-21(16-17-6-2-1-3-7-17)24-15-12-18-8-4-5-9-20(18)22(24)19-10-13-23-14-11-19/h1-11,13-14,22H,12,15-16H2. The van der Waals surface area contributed by atoms with Crippen LogP contribution in [0, 0.1) is 0 Å². The maximum atomic E-state index is 13.1. The summed E-state index contributed by atoms with van der Waals surface area (Å²) in [6.07, 6.45) is 4.93. The fraction of sp³-hybridized carbons (Fsp3) is 0.182. The first-order valence-corrected chi connectivity index (χ1v) is 8.64. The van der Waals surface area contributed by atoms with Crippen LogP contribution in [0.4, 0.5) is 0 Å². The third-order valence-electron chi connectivity index (χ3n) is 4.82. The van der Waals surface area contributed by atoms with E-state index in [-0.39, 0.29) is 11.9 Å². The lowest BCUT2D eigenvalue weighted by Crippen LogP contribution is -2.41. The number of rotatable bonds is 3. The highest BCUT2D eigenvalue weighted by molar-refractivity contribution is 5.80. The molecule has 0 N–H and O–H groups in total. The Balaban J connectivity index is 1.70. The largest absolute Gasteiger partial charge is 0.331 e. The van der Waals surface area contributed by atoms with E-state index in [0.29, 0.717) is 6.42 Å². The van der Waals surface area contributed by atoms with Gasteiger partial charge in [0, 0.05) is 18.9 Å². The lowest BCUT2D eigenvalue weighted by Gasteiger charge is -2.38. The Bertz CT molecular complexity index is 861. The van der Waals surface area contributed by atoms with Crippen molar-refractivity contribution in [2.45, 2.75) is 18.9 Å². The number of aromatic nitrogens is 1. The van der Waals surface area contributed by atoms with Crippen molar-refractivity contribution in [3.8, 4) is 0 Å². The van der Waals surface area contributed by atoms with Gasteiger partial charge in [-0.1, -0.05) is 54.6 Å². The molecule has 0 saturated heterocycles. The SMILES string of the molecule is O=C(Cc1ccccc1)N1CCc2ccccc2C1c1ccncc1. The van der Waals surface area contributed by atoms with E-state index in [2.05, 4.69) is 29.2 Å². The van der Waals surface area contributed by atoms with Crippen LogP contribution in [0.5, 0.6) is 0 Å². The third kappa shape index (κ3) is 3.18. The molecule has 0 radical (unpaired) electrons. The molecule has 1 aliphatic heterocycles. The zero-order valence-corrected chi connectivity index (χ0v) is 14.0. The molecule has 0 fully saturated rings. The maximum Gasteiger partial charge on any atom is 0.227 e. The van der Waals surface area contributed by atoms with E-state index in [1.807, 2.05) is 47.4 Å². The fourth-order valence-corrected chi connectivity index (χ4v) is 3.61. The van der Waals surface area contributed by atoms with Crippen LogP contribution in [0.15, 0.2) is 79.1 Å².